The van der Waals surface area contributed by atoms with E-state index in [1.54, 1.807) is 0 Å². The summed E-state index contributed by atoms with van der Waals surface area (Å²) in [4.78, 5) is 12.2. The number of esters is 1. The monoisotopic (exact) mass is 741 g/mol. The third-order valence-electron chi connectivity index (χ3n) is 9.83. The van der Waals surface area contributed by atoms with Gasteiger partial charge in [0.2, 0.25) is 0 Å². The SMILES string of the molecule is CC/C=C\C/C=C\C/C=C\C/C=C\CCCCCCC(=O)OC(CO)COCCCCCCCCCCCCCC/C=C\CCCCCCCCCC. The predicted octanol–water partition coefficient (Wildman–Crippen LogP) is 15.2. The first-order valence-corrected chi connectivity index (χ1v) is 22.9. The molecule has 0 fully saturated rings. The van der Waals surface area contributed by atoms with Crippen LogP contribution in [0.2, 0.25) is 0 Å². The number of unbranched alkanes of at least 4 members (excludes halogenated alkanes) is 24. The highest BCUT2D eigenvalue weighted by Crippen LogP contribution is 2.14. The maximum atomic E-state index is 12.2. The van der Waals surface area contributed by atoms with Crippen LogP contribution in [-0.4, -0.2) is 37.0 Å². The molecular weight excluding hydrogens is 653 g/mol. The van der Waals surface area contributed by atoms with Gasteiger partial charge in [0.15, 0.2) is 0 Å². The largest absolute Gasteiger partial charge is 0.457 e. The predicted molar refractivity (Wildman–Crippen MR) is 233 cm³/mol. The summed E-state index contributed by atoms with van der Waals surface area (Å²) in [5.41, 5.74) is 0. The number of hydrogen-bond acceptors (Lipinski definition) is 4. The number of aliphatic hydroxyl groups excluding tert-OH is 1. The number of carbonyl (C=O) groups is 1. The molecule has 0 saturated heterocycles. The van der Waals surface area contributed by atoms with Gasteiger partial charge in [-0.05, 0) is 77.0 Å². The van der Waals surface area contributed by atoms with Gasteiger partial charge < -0.3 is 14.6 Å². The smallest absolute Gasteiger partial charge is 0.306 e. The Morgan fingerprint density at radius 1 is 0.472 bits per heavy atom. The highest BCUT2D eigenvalue weighted by atomic mass is 16.6. The fourth-order valence-electron chi connectivity index (χ4n) is 6.43. The number of hydrogen-bond donors (Lipinski definition) is 1. The second-order valence-corrected chi connectivity index (χ2v) is 15.1. The Hall–Kier alpha value is -1.91. The molecule has 1 atom stereocenters. The van der Waals surface area contributed by atoms with Crippen LogP contribution < -0.4 is 0 Å². The van der Waals surface area contributed by atoms with E-state index in [1.807, 2.05) is 0 Å². The number of allylic oxidation sites excluding steroid dienone is 10. The van der Waals surface area contributed by atoms with Gasteiger partial charge in [0.25, 0.3) is 0 Å². The number of ether oxygens (including phenoxy) is 2. The Morgan fingerprint density at radius 3 is 1.30 bits per heavy atom. The Labute approximate surface area is 330 Å². The third-order valence-corrected chi connectivity index (χ3v) is 9.83. The first-order chi connectivity index (χ1) is 26.2. The Bertz CT molecular complexity index is 870. The van der Waals surface area contributed by atoms with Gasteiger partial charge in [0.1, 0.15) is 6.10 Å². The molecule has 4 nitrogen and oxygen atoms in total. The van der Waals surface area contributed by atoms with Crippen LogP contribution >= 0.6 is 0 Å². The average molecular weight is 741 g/mol. The molecule has 0 aliphatic heterocycles. The molecular formula is C49H88O4. The number of aliphatic hydroxyl groups is 1. The molecule has 1 N–H and O–H groups in total. The summed E-state index contributed by atoms with van der Waals surface area (Å²) in [6, 6.07) is 0. The maximum absolute atomic E-state index is 12.2. The maximum Gasteiger partial charge on any atom is 0.306 e. The fourth-order valence-corrected chi connectivity index (χ4v) is 6.43. The lowest BCUT2D eigenvalue weighted by Crippen LogP contribution is -2.27. The van der Waals surface area contributed by atoms with Gasteiger partial charge in [-0.25, -0.2) is 0 Å². The summed E-state index contributed by atoms with van der Waals surface area (Å²) in [5, 5.41) is 9.61. The van der Waals surface area contributed by atoms with Crippen LogP contribution in [0.1, 0.15) is 219 Å². The van der Waals surface area contributed by atoms with Crippen molar-refractivity contribution in [3.05, 3.63) is 60.8 Å². The first-order valence-electron chi connectivity index (χ1n) is 22.9. The van der Waals surface area contributed by atoms with Gasteiger partial charge in [0.05, 0.1) is 13.2 Å². The van der Waals surface area contributed by atoms with Crippen LogP contribution in [0.5, 0.6) is 0 Å². The second kappa shape index (κ2) is 46.2. The summed E-state index contributed by atoms with van der Waals surface area (Å²) < 4.78 is 11.2. The van der Waals surface area contributed by atoms with E-state index in [-0.39, 0.29) is 19.2 Å². The van der Waals surface area contributed by atoms with E-state index in [2.05, 4.69) is 74.6 Å². The van der Waals surface area contributed by atoms with Crippen LogP contribution in [0.15, 0.2) is 60.8 Å². The van der Waals surface area contributed by atoms with Crippen molar-refractivity contribution in [3.8, 4) is 0 Å². The van der Waals surface area contributed by atoms with Crippen LogP contribution in [0, 0.1) is 0 Å². The van der Waals surface area contributed by atoms with Crippen molar-refractivity contribution in [3.63, 3.8) is 0 Å². The minimum Gasteiger partial charge on any atom is -0.457 e. The molecule has 0 radical (unpaired) electrons. The minimum atomic E-state index is -0.549. The summed E-state index contributed by atoms with van der Waals surface area (Å²) in [5.74, 6) is -0.223. The highest BCUT2D eigenvalue weighted by molar-refractivity contribution is 5.69. The first kappa shape index (κ1) is 51.1. The zero-order chi connectivity index (χ0) is 38.4. The van der Waals surface area contributed by atoms with Gasteiger partial charge in [-0.15, -0.1) is 0 Å². The molecule has 0 bridgehead atoms. The Kier molecular flexibility index (Phi) is 44.6. The molecule has 0 spiro atoms. The van der Waals surface area contributed by atoms with Crippen LogP contribution in [0.25, 0.3) is 0 Å². The highest BCUT2D eigenvalue weighted by Gasteiger charge is 2.13. The van der Waals surface area contributed by atoms with E-state index >= 15 is 0 Å². The van der Waals surface area contributed by atoms with E-state index < -0.39 is 6.10 Å². The average Bonchev–Trinajstić information content (AvgIpc) is 3.16. The van der Waals surface area contributed by atoms with Gasteiger partial charge in [-0.1, -0.05) is 197 Å². The molecule has 0 aromatic rings. The van der Waals surface area contributed by atoms with Crippen molar-refractivity contribution in [2.75, 3.05) is 19.8 Å². The quantitative estimate of drug-likeness (QED) is 0.0385. The second-order valence-electron chi connectivity index (χ2n) is 15.1. The summed E-state index contributed by atoms with van der Waals surface area (Å²) in [6.07, 6.45) is 61.5. The lowest BCUT2D eigenvalue weighted by Gasteiger charge is -2.15. The summed E-state index contributed by atoms with van der Waals surface area (Å²) >= 11 is 0. The van der Waals surface area contributed by atoms with Crippen molar-refractivity contribution in [1.29, 1.82) is 0 Å². The standard InChI is InChI=1S/C49H88O4/c1-3-5-7-9-11-13-15-17-19-21-22-23-24-25-26-27-29-31-33-35-37-39-41-43-45-52-47-48(46-50)53-49(51)44-42-40-38-36-34-32-30-28-20-18-16-14-12-10-8-6-4-2/h6,8,12,14,18,20-22,30,32,48,50H,3-5,7,9-11,13,15-17,19,23-29,31,33-47H2,1-2H3/b8-6-,14-12-,20-18-,22-21-,32-30-. The van der Waals surface area contributed by atoms with Gasteiger partial charge in [0, 0.05) is 13.0 Å². The molecule has 308 valence electrons. The van der Waals surface area contributed by atoms with Crippen LogP contribution in [0.4, 0.5) is 0 Å². The van der Waals surface area contributed by atoms with Crippen LogP contribution in [-0.2, 0) is 14.3 Å². The minimum absolute atomic E-state index is 0.183. The molecule has 0 aliphatic carbocycles. The Morgan fingerprint density at radius 2 is 0.849 bits per heavy atom. The molecule has 0 aromatic heterocycles. The van der Waals surface area contributed by atoms with Crippen molar-refractivity contribution in [2.24, 2.45) is 0 Å². The van der Waals surface area contributed by atoms with Gasteiger partial charge in [-0.3, -0.25) is 4.79 Å². The summed E-state index contributed by atoms with van der Waals surface area (Å²) in [6.45, 7) is 5.22. The van der Waals surface area contributed by atoms with Gasteiger partial charge >= 0.3 is 5.97 Å². The van der Waals surface area contributed by atoms with E-state index in [9.17, 15) is 9.90 Å². The van der Waals surface area contributed by atoms with Crippen molar-refractivity contribution in [2.45, 2.75) is 225 Å². The molecule has 1 unspecified atom stereocenters. The molecule has 0 aliphatic rings. The molecule has 0 heterocycles. The zero-order valence-electron chi connectivity index (χ0n) is 35.3. The fraction of sp³-hybridized carbons (Fsp3) is 0.776. The van der Waals surface area contributed by atoms with Crippen molar-refractivity contribution in [1.82, 2.24) is 0 Å². The third kappa shape index (κ3) is 44.4. The van der Waals surface area contributed by atoms with Crippen molar-refractivity contribution < 1.29 is 19.4 Å². The molecule has 53 heavy (non-hydrogen) atoms. The number of carbonyl (C=O) groups excluding carboxylic acids is 1. The van der Waals surface area contributed by atoms with E-state index in [1.165, 1.54) is 135 Å². The van der Waals surface area contributed by atoms with E-state index in [4.69, 9.17) is 9.47 Å². The molecule has 0 aromatic carbocycles. The summed E-state index contributed by atoms with van der Waals surface area (Å²) in [7, 11) is 0. The van der Waals surface area contributed by atoms with E-state index in [0.717, 1.165) is 64.2 Å². The van der Waals surface area contributed by atoms with Crippen LogP contribution in [0.3, 0.4) is 0 Å². The molecule has 0 amide bonds. The molecule has 0 rings (SSSR count). The number of rotatable bonds is 42. The topological polar surface area (TPSA) is 55.8 Å². The Balaban J connectivity index is 3.44. The van der Waals surface area contributed by atoms with Crippen molar-refractivity contribution >= 4 is 5.97 Å². The normalized spacial score (nSPS) is 12.9. The molecule has 0 saturated carbocycles. The lowest BCUT2D eigenvalue weighted by molar-refractivity contribution is -0.154. The molecule has 4 heteroatoms. The van der Waals surface area contributed by atoms with Gasteiger partial charge in [-0.2, -0.15) is 0 Å². The lowest BCUT2D eigenvalue weighted by atomic mass is 10.0. The zero-order valence-corrected chi connectivity index (χ0v) is 35.3. The van der Waals surface area contributed by atoms with E-state index in [0.29, 0.717) is 13.0 Å².